The Morgan fingerprint density at radius 1 is 1.18 bits per heavy atom. The fraction of sp³-hybridized carbons (Fsp3) is 0.538. The Labute approximate surface area is 101 Å². The fourth-order valence-electron chi connectivity index (χ4n) is 1.34. The summed E-state index contributed by atoms with van der Waals surface area (Å²) in [7, 11) is 0. The van der Waals surface area contributed by atoms with Crippen molar-refractivity contribution < 1.29 is 18.6 Å². The molecule has 0 N–H and O–H groups in total. The number of ether oxygens (including phenoxy) is 3. The molecule has 0 saturated carbocycles. The predicted molar refractivity (Wildman–Crippen MR) is 63.7 cm³/mol. The molecule has 17 heavy (non-hydrogen) atoms. The first-order valence-electron chi connectivity index (χ1n) is 5.79. The number of aryl methyl sites for hydroxylation is 1. The average Bonchev–Trinajstić information content (AvgIpc) is 2.31. The highest BCUT2D eigenvalue weighted by Crippen LogP contribution is 2.16. The molecule has 0 spiro atoms. The van der Waals surface area contributed by atoms with Gasteiger partial charge in [0.1, 0.15) is 18.2 Å². The standard InChI is InChI=1S/C13H19FO3/c1-4-15-13(16-5-2)9-17-11-7-6-10(3)12(14)8-11/h6-8,13H,4-5,9H2,1-3H3. The molecule has 4 heteroatoms. The van der Waals surface area contributed by atoms with Gasteiger partial charge in [-0.1, -0.05) is 6.07 Å². The molecule has 0 radical (unpaired) electrons. The van der Waals surface area contributed by atoms with Crippen LogP contribution in [0.5, 0.6) is 5.75 Å². The van der Waals surface area contributed by atoms with Crippen molar-refractivity contribution in [2.75, 3.05) is 19.8 Å². The number of hydrogen-bond acceptors (Lipinski definition) is 3. The minimum Gasteiger partial charge on any atom is -0.488 e. The van der Waals surface area contributed by atoms with Crippen molar-refractivity contribution in [3.05, 3.63) is 29.6 Å². The smallest absolute Gasteiger partial charge is 0.191 e. The van der Waals surface area contributed by atoms with Crippen LogP contribution in [0.4, 0.5) is 4.39 Å². The van der Waals surface area contributed by atoms with Crippen LogP contribution in [-0.2, 0) is 9.47 Å². The highest BCUT2D eigenvalue weighted by atomic mass is 19.1. The summed E-state index contributed by atoms with van der Waals surface area (Å²) >= 11 is 0. The van der Waals surface area contributed by atoms with Gasteiger partial charge in [0.05, 0.1) is 0 Å². The first kappa shape index (κ1) is 13.9. The largest absolute Gasteiger partial charge is 0.488 e. The van der Waals surface area contributed by atoms with E-state index in [-0.39, 0.29) is 12.4 Å². The molecule has 0 amide bonds. The monoisotopic (exact) mass is 242 g/mol. The second-order valence-corrected chi connectivity index (χ2v) is 3.56. The van der Waals surface area contributed by atoms with E-state index in [1.165, 1.54) is 6.07 Å². The van der Waals surface area contributed by atoms with Crippen molar-refractivity contribution in [2.45, 2.75) is 27.1 Å². The molecule has 0 aliphatic heterocycles. The maximum Gasteiger partial charge on any atom is 0.191 e. The zero-order valence-electron chi connectivity index (χ0n) is 10.5. The lowest BCUT2D eigenvalue weighted by molar-refractivity contribution is -0.152. The van der Waals surface area contributed by atoms with Crippen molar-refractivity contribution in [3.8, 4) is 5.75 Å². The quantitative estimate of drug-likeness (QED) is 0.688. The Morgan fingerprint density at radius 2 is 1.82 bits per heavy atom. The molecule has 1 aromatic carbocycles. The van der Waals surface area contributed by atoms with E-state index in [1.54, 1.807) is 19.1 Å². The lowest BCUT2D eigenvalue weighted by atomic mass is 10.2. The van der Waals surface area contributed by atoms with E-state index in [2.05, 4.69) is 0 Å². The summed E-state index contributed by atoms with van der Waals surface area (Å²) in [5, 5.41) is 0. The van der Waals surface area contributed by atoms with Crippen LogP contribution in [-0.4, -0.2) is 26.1 Å². The van der Waals surface area contributed by atoms with Crippen LogP contribution in [0.3, 0.4) is 0 Å². The van der Waals surface area contributed by atoms with E-state index in [4.69, 9.17) is 14.2 Å². The molecule has 0 aliphatic carbocycles. The Balaban J connectivity index is 2.49. The van der Waals surface area contributed by atoms with Crippen molar-refractivity contribution in [1.29, 1.82) is 0 Å². The molecule has 0 unspecified atom stereocenters. The van der Waals surface area contributed by atoms with Crippen LogP contribution in [0.2, 0.25) is 0 Å². The van der Waals surface area contributed by atoms with Crippen molar-refractivity contribution >= 4 is 0 Å². The van der Waals surface area contributed by atoms with E-state index in [0.717, 1.165) is 0 Å². The van der Waals surface area contributed by atoms with Crippen LogP contribution in [0.1, 0.15) is 19.4 Å². The maximum absolute atomic E-state index is 13.3. The normalized spacial score (nSPS) is 10.9. The summed E-state index contributed by atoms with van der Waals surface area (Å²) in [6, 6.07) is 4.78. The van der Waals surface area contributed by atoms with Crippen LogP contribution in [0, 0.1) is 12.7 Å². The third-order valence-electron chi connectivity index (χ3n) is 2.23. The van der Waals surface area contributed by atoms with Crippen LogP contribution < -0.4 is 4.74 Å². The van der Waals surface area contributed by atoms with E-state index >= 15 is 0 Å². The molecule has 0 aromatic heterocycles. The van der Waals surface area contributed by atoms with Gasteiger partial charge in [0, 0.05) is 19.3 Å². The third-order valence-corrected chi connectivity index (χ3v) is 2.23. The second kappa shape index (κ2) is 7.25. The molecule has 0 bridgehead atoms. The maximum atomic E-state index is 13.3. The molecule has 1 rings (SSSR count). The topological polar surface area (TPSA) is 27.7 Å². The predicted octanol–water partition coefficient (Wildman–Crippen LogP) is 2.91. The van der Waals surface area contributed by atoms with Crippen molar-refractivity contribution in [1.82, 2.24) is 0 Å². The third kappa shape index (κ3) is 4.71. The first-order valence-corrected chi connectivity index (χ1v) is 5.79. The van der Waals surface area contributed by atoms with Gasteiger partial charge in [0.25, 0.3) is 0 Å². The number of hydrogen-bond donors (Lipinski definition) is 0. The molecule has 0 aliphatic rings. The van der Waals surface area contributed by atoms with Crippen molar-refractivity contribution in [3.63, 3.8) is 0 Å². The lowest BCUT2D eigenvalue weighted by Crippen LogP contribution is -2.25. The van der Waals surface area contributed by atoms with Gasteiger partial charge in [0.2, 0.25) is 0 Å². The highest BCUT2D eigenvalue weighted by Gasteiger charge is 2.09. The SMILES string of the molecule is CCOC(COc1ccc(C)c(F)c1)OCC. The molecule has 1 aromatic rings. The van der Waals surface area contributed by atoms with Gasteiger partial charge < -0.3 is 14.2 Å². The zero-order chi connectivity index (χ0) is 12.7. The molecule has 0 fully saturated rings. The van der Waals surface area contributed by atoms with E-state index in [1.807, 2.05) is 13.8 Å². The summed E-state index contributed by atoms with van der Waals surface area (Å²) in [6.45, 7) is 6.84. The minimum absolute atomic E-state index is 0.254. The summed E-state index contributed by atoms with van der Waals surface area (Å²) in [5.41, 5.74) is 0.600. The van der Waals surface area contributed by atoms with Crippen LogP contribution >= 0.6 is 0 Å². The lowest BCUT2D eigenvalue weighted by Gasteiger charge is -2.17. The van der Waals surface area contributed by atoms with Crippen molar-refractivity contribution in [2.24, 2.45) is 0 Å². The van der Waals surface area contributed by atoms with Gasteiger partial charge in [0.15, 0.2) is 6.29 Å². The fourth-order valence-corrected chi connectivity index (χ4v) is 1.34. The summed E-state index contributed by atoms with van der Waals surface area (Å²) in [6.07, 6.45) is -0.408. The molecule has 3 nitrogen and oxygen atoms in total. The number of benzene rings is 1. The van der Waals surface area contributed by atoms with E-state index in [9.17, 15) is 4.39 Å². The Morgan fingerprint density at radius 3 is 2.35 bits per heavy atom. The Kier molecular flexibility index (Phi) is 5.94. The molecular weight excluding hydrogens is 223 g/mol. The molecular formula is C13H19FO3. The van der Waals surface area contributed by atoms with Gasteiger partial charge in [-0.2, -0.15) is 0 Å². The molecule has 0 atom stereocenters. The van der Waals surface area contributed by atoms with Crippen LogP contribution in [0.25, 0.3) is 0 Å². The van der Waals surface area contributed by atoms with Gasteiger partial charge in [-0.15, -0.1) is 0 Å². The summed E-state index contributed by atoms with van der Waals surface area (Å²) in [4.78, 5) is 0. The van der Waals surface area contributed by atoms with E-state index < -0.39 is 6.29 Å². The van der Waals surface area contributed by atoms with Gasteiger partial charge in [-0.3, -0.25) is 0 Å². The average molecular weight is 242 g/mol. The van der Waals surface area contributed by atoms with Gasteiger partial charge in [-0.05, 0) is 32.4 Å². The molecule has 0 saturated heterocycles. The van der Waals surface area contributed by atoms with Gasteiger partial charge in [-0.25, -0.2) is 4.39 Å². The Hall–Kier alpha value is -1.13. The molecule has 96 valence electrons. The zero-order valence-corrected chi connectivity index (χ0v) is 10.5. The molecule has 0 heterocycles. The van der Waals surface area contributed by atoms with Gasteiger partial charge >= 0.3 is 0 Å². The Bertz CT molecular complexity index is 335. The summed E-state index contributed by atoms with van der Waals surface area (Å²) < 4.78 is 29.3. The van der Waals surface area contributed by atoms with E-state index in [0.29, 0.717) is 24.5 Å². The number of rotatable bonds is 7. The number of halogens is 1. The summed E-state index contributed by atoms with van der Waals surface area (Å²) in [5.74, 6) is 0.212. The minimum atomic E-state index is -0.408. The highest BCUT2D eigenvalue weighted by molar-refractivity contribution is 5.27. The first-order chi connectivity index (χ1) is 8.17. The van der Waals surface area contributed by atoms with Crippen LogP contribution in [0.15, 0.2) is 18.2 Å². The second-order valence-electron chi connectivity index (χ2n) is 3.56.